The number of anilines is 1. The molecule has 0 saturated carbocycles. The molecular weight excluding hydrogens is 304 g/mol. The SMILES string of the molecule is Brc1cncnc1N1C[C@@H]2CN3CCCC[C@@H]3[C@H]2C1. The average molecular weight is 323 g/mol. The summed E-state index contributed by atoms with van der Waals surface area (Å²) in [5.74, 6) is 2.76. The van der Waals surface area contributed by atoms with Gasteiger partial charge in [0.05, 0.1) is 4.47 Å². The quantitative estimate of drug-likeness (QED) is 0.793. The summed E-state index contributed by atoms with van der Waals surface area (Å²) in [7, 11) is 0. The minimum absolute atomic E-state index is 0.837. The van der Waals surface area contributed by atoms with E-state index in [0.717, 1.165) is 34.7 Å². The summed E-state index contributed by atoms with van der Waals surface area (Å²) >= 11 is 3.58. The Bertz CT molecular complexity index is 480. The molecular formula is C14H19BrN4. The maximum atomic E-state index is 4.45. The number of aromatic nitrogens is 2. The Kier molecular flexibility index (Phi) is 2.99. The van der Waals surface area contributed by atoms with Crippen LogP contribution < -0.4 is 4.90 Å². The number of fused-ring (bicyclic) bond motifs is 3. The van der Waals surface area contributed by atoms with Crippen molar-refractivity contribution in [1.82, 2.24) is 14.9 Å². The summed E-state index contributed by atoms with van der Waals surface area (Å²) in [5.41, 5.74) is 0. The molecule has 1 aromatic heterocycles. The molecule has 0 aliphatic carbocycles. The van der Waals surface area contributed by atoms with Crippen molar-refractivity contribution < 1.29 is 0 Å². The van der Waals surface area contributed by atoms with Gasteiger partial charge in [-0.1, -0.05) is 6.42 Å². The highest BCUT2D eigenvalue weighted by molar-refractivity contribution is 9.10. The standard InChI is InChI=1S/C14H19BrN4/c15-12-5-16-9-17-14(12)19-7-10-6-18-4-2-1-3-13(18)11(10)8-19/h5,9-11,13H,1-4,6-8H2/t10-,11-,13+/m0/s1. The van der Waals surface area contributed by atoms with Crippen LogP contribution in [0.2, 0.25) is 0 Å². The molecule has 0 aromatic carbocycles. The van der Waals surface area contributed by atoms with Gasteiger partial charge in [0.15, 0.2) is 0 Å². The summed E-state index contributed by atoms with van der Waals surface area (Å²) in [6, 6.07) is 0.837. The smallest absolute Gasteiger partial charge is 0.146 e. The molecule has 3 aliphatic heterocycles. The molecule has 3 atom stereocenters. The number of rotatable bonds is 1. The molecule has 0 amide bonds. The number of piperidine rings is 1. The fourth-order valence-corrected chi connectivity index (χ4v) is 4.74. The first-order valence-electron chi connectivity index (χ1n) is 7.27. The molecule has 4 nitrogen and oxygen atoms in total. The fourth-order valence-electron chi connectivity index (χ4n) is 4.27. The molecule has 0 spiro atoms. The van der Waals surface area contributed by atoms with Crippen molar-refractivity contribution in [2.24, 2.45) is 11.8 Å². The summed E-state index contributed by atoms with van der Waals surface area (Å²) in [6.07, 6.45) is 7.73. The van der Waals surface area contributed by atoms with Gasteiger partial charge in [-0.25, -0.2) is 9.97 Å². The van der Waals surface area contributed by atoms with E-state index < -0.39 is 0 Å². The van der Waals surface area contributed by atoms with E-state index in [1.54, 1.807) is 6.33 Å². The lowest BCUT2D eigenvalue weighted by molar-refractivity contribution is 0.173. The van der Waals surface area contributed by atoms with Crippen LogP contribution in [0.15, 0.2) is 17.0 Å². The van der Waals surface area contributed by atoms with Gasteiger partial charge in [0.2, 0.25) is 0 Å². The lowest BCUT2D eigenvalue weighted by Gasteiger charge is -2.33. The molecule has 102 valence electrons. The van der Waals surface area contributed by atoms with Crippen molar-refractivity contribution in [3.05, 3.63) is 17.0 Å². The van der Waals surface area contributed by atoms with Crippen molar-refractivity contribution in [1.29, 1.82) is 0 Å². The maximum absolute atomic E-state index is 4.45. The molecule has 0 unspecified atom stereocenters. The summed E-state index contributed by atoms with van der Waals surface area (Å²) < 4.78 is 1.02. The Morgan fingerprint density at radius 2 is 2.16 bits per heavy atom. The first-order valence-corrected chi connectivity index (χ1v) is 8.07. The molecule has 3 aliphatic rings. The van der Waals surface area contributed by atoms with Crippen LogP contribution in [0.3, 0.4) is 0 Å². The van der Waals surface area contributed by atoms with Gasteiger partial charge in [0.1, 0.15) is 12.1 Å². The van der Waals surface area contributed by atoms with Crippen LogP contribution >= 0.6 is 15.9 Å². The Balaban J connectivity index is 1.54. The molecule has 5 heteroatoms. The highest BCUT2D eigenvalue weighted by atomic mass is 79.9. The second kappa shape index (κ2) is 4.70. The van der Waals surface area contributed by atoms with Crippen molar-refractivity contribution in [3.63, 3.8) is 0 Å². The zero-order valence-corrected chi connectivity index (χ0v) is 12.6. The van der Waals surface area contributed by atoms with Gasteiger partial charge in [0, 0.05) is 31.9 Å². The molecule has 0 radical (unpaired) electrons. The van der Waals surface area contributed by atoms with Gasteiger partial charge in [-0.15, -0.1) is 0 Å². The van der Waals surface area contributed by atoms with E-state index in [2.05, 4.69) is 35.7 Å². The molecule has 3 fully saturated rings. The third-order valence-electron chi connectivity index (χ3n) is 5.07. The lowest BCUT2D eigenvalue weighted by atomic mass is 9.90. The van der Waals surface area contributed by atoms with E-state index in [-0.39, 0.29) is 0 Å². The molecule has 4 rings (SSSR count). The Morgan fingerprint density at radius 3 is 3.05 bits per heavy atom. The third kappa shape index (κ3) is 1.98. The van der Waals surface area contributed by atoms with Crippen LogP contribution in [0.1, 0.15) is 19.3 Å². The van der Waals surface area contributed by atoms with Gasteiger partial charge in [-0.3, -0.25) is 4.90 Å². The molecule has 19 heavy (non-hydrogen) atoms. The predicted octanol–water partition coefficient (Wildman–Crippen LogP) is 2.16. The van der Waals surface area contributed by atoms with Crippen molar-refractivity contribution in [2.75, 3.05) is 31.1 Å². The second-order valence-corrected chi connectivity index (χ2v) is 6.94. The molecule has 1 aromatic rings. The summed E-state index contributed by atoms with van der Waals surface area (Å²) in [6.45, 7) is 4.96. The average Bonchev–Trinajstić information content (AvgIpc) is 2.96. The first kappa shape index (κ1) is 12.1. The number of nitrogens with zero attached hydrogens (tertiary/aromatic N) is 4. The Hall–Kier alpha value is -0.680. The van der Waals surface area contributed by atoms with Crippen LogP contribution in [-0.2, 0) is 0 Å². The van der Waals surface area contributed by atoms with Crippen LogP contribution in [0, 0.1) is 11.8 Å². The molecule has 3 saturated heterocycles. The first-order chi connectivity index (χ1) is 9.33. The highest BCUT2D eigenvalue weighted by Crippen LogP contribution is 2.42. The predicted molar refractivity (Wildman–Crippen MR) is 78.1 cm³/mol. The third-order valence-corrected chi connectivity index (χ3v) is 5.63. The van der Waals surface area contributed by atoms with E-state index in [0.29, 0.717) is 0 Å². The van der Waals surface area contributed by atoms with Gasteiger partial charge < -0.3 is 4.90 Å². The number of hydrogen-bond acceptors (Lipinski definition) is 4. The zero-order chi connectivity index (χ0) is 12.8. The Labute approximate surface area is 122 Å². The Morgan fingerprint density at radius 1 is 1.21 bits per heavy atom. The van der Waals surface area contributed by atoms with Gasteiger partial charge in [-0.05, 0) is 47.2 Å². The van der Waals surface area contributed by atoms with Gasteiger partial charge in [0.25, 0.3) is 0 Å². The normalized spacial score (nSPS) is 34.4. The van der Waals surface area contributed by atoms with Crippen LogP contribution in [0.4, 0.5) is 5.82 Å². The minimum atomic E-state index is 0.837. The van der Waals surface area contributed by atoms with Crippen molar-refractivity contribution in [3.8, 4) is 0 Å². The van der Waals surface area contributed by atoms with E-state index in [1.165, 1.54) is 38.9 Å². The zero-order valence-electron chi connectivity index (χ0n) is 11.0. The van der Waals surface area contributed by atoms with Crippen LogP contribution in [0.5, 0.6) is 0 Å². The van der Waals surface area contributed by atoms with E-state index in [9.17, 15) is 0 Å². The van der Waals surface area contributed by atoms with Crippen molar-refractivity contribution >= 4 is 21.7 Å². The molecule has 0 bridgehead atoms. The van der Waals surface area contributed by atoms with Crippen LogP contribution in [0.25, 0.3) is 0 Å². The number of hydrogen-bond donors (Lipinski definition) is 0. The fraction of sp³-hybridized carbons (Fsp3) is 0.714. The van der Waals surface area contributed by atoms with Crippen molar-refractivity contribution in [2.45, 2.75) is 25.3 Å². The monoisotopic (exact) mass is 322 g/mol. The summed E-state index contributed by atoms with van der Waals surface area (Å²) in [4.78, 5) is 13.7. The summed E-state index contributed by atoms with van der Waals surface area (Å²) in [5, 5.41) is 0. The lowest BCUT2D eigenvalue weighted by Crippen LogP contribution is -2.40. The van der Waals surface area contributed by atoms with Gasteiger partial charge in [-0.2, -0.15) is 0 Å². The van der Waals surface area contributed by atoms with E-state index in [1.807, 2.05) is 6.20 Å². The molecule has 0 N–H and O–H groups in total. The highest BCUT2D eigenvalue weighted by Gasteiger charge is 2.47. The maximum Gasteiger partial charge on any atom is 0.146 e. The molecule has 4 heterocycles. The topological polar surface area (TPSA) is 32.3 Å². The largest absolute Gasteiger partial charge is 0.355 e. The van der Waals surface area contributed by atoms with Gasteiger partial charge >= 0.3 is 0 Å². The van der Waals surface area contributed by atoms with E-state index in [4.69, 9.17) is 0 Å². The van der Waals surface area contributed by atoms with E-state index >= 15 is 0 Å². The number of halogens is 1. The second-order valence-electron chi connectivity index (χ2n) is 6.08. The minimum Gasteiger partial charge on any atom is -0.355 e. The van der Waals surface area contributed by atoms with Crippen LogP contribution in [-0.4, -0.2) is 47.1 Å².